The van der Waals surface area contributed by atoms with Crippen molar-refractivity contribution in [2.24, 2.45) is 13.0 Å². The van der Waals surface area contributed by atoms with Gasteiger partial charge < -0.3 is 20.4 Å². The molecule has 0 unspecified atom stereocenters. The number of carbonyl (C=O) groups excluding carboxylic acids is 1. The Hall–Kier alpha value is -4.94. The zero-order chi connectivity index (χ0) is 35.1. The molecule has 4 aromatic rings. The van der Waals surface area contributed by atoms with E-state index in [9.17, 15) is 23.1 Å². The Bertz CT molecular complexity index is 1950. The molecule has 3 heterocycles. The standard InChI is InChI=1S/C36H37ClF3N7O2/c1-22(10-13-41)34-27(35(36(39)40)45-44-34)19-32(49)24-7-9-31-30(17-24)43-33(46(31)2)21-47-14-11-23(12-15-47)29(5-3-4-16-48)42-20-25-6-8-26(37)18-28(25)38/h3-10,13,16-19,23,36,41-42,49H,11-12,14-15,20-21H2,1-2H3,(H,44,45)/b4-3-,22-10-,29-5-,32-19+,41-13?. The predicted molar refractivity (Wildman–Crippen MR) is 187 cm³/mol. The number of rotatable bonds is 13. The van der Waals surface area contributed by atoms with Crippen LogP contribution in [0, 0.1) is 17.1 Å². The molecule has 0 spiro atoms. The number of alkyl halides is 2. The summed E-state index contributed by atoms with van der Waals surface area (Å²) >= 11 is 5.90. The fourth-order valence-electron chi connectivity index (χ4n) is 5.96. The molecular weight excluding hydrogens is 655 g/mol. The number of aryl methyl sites for hydroxylation is 1. The van der Waals surface area contributed by atoms with E-state index in [-0.39, 0.29) is 35.3 Å². The number of benzene rings is 2. The van der Waals surface area contributed by atoms with Crippen LogP contribution in [0.15, 0.2) is 66.4 Å². The molecule has 49 heavy (non-hydrogen) atoms. The van der Waals surface area contributed by atoms with Gasteiger partial charge in [-0.05, 0) is 93.1 Å². The lowest BCUT2D eigenvalue weighted by molar-refractivity contribution is -0.104. The van der Waals surface area contributed by atoms with Crippen molar-refractivity contribution >= 4 is 52.5 Å². The van der Waals surface area contributed by atoms with E-state index >= 15 is 0 Å². The number of halogens is 4. The fourth-order valence-corrected chi connectivity index (χ4v) is 6.12. The molecule has 256 valence electrons. The molecule has 0 radical (unpaired) electrons. The predicted octanol–water partition coefficient (Wildman–Crippen LogP) is 7.78. The minimum atomic E-state index is -2.84. The topological polar surface area (TPSA) is 123 Å². The van der Waals surface area contributed by atoms with Crippen LogP contribution in [0.5, 0.6) is 0 Å². The molecule has 5 rings (SSSR count). The quantitative estimate of drug-likeness (QED) is 0.0374. The minimum Gasteiger partial charge on any atom is -0.507 e. The van der Waals surface area contributed by atoms with Crippen molar-refractivity contribution in [2.75, 3.05) is 13.1 Å². The first kappa shape index (κ1) is 35.4. The van der Waals surface area contributed by atoms with Gasteiger partial charge in [-0.1, -0.05) is 23.7 Å². The zero-order valence-electron chi connectivity index (χ0n) is 27.1. The summed E-state index contributed by atoms with van der Waals surface area (Å²) in [7, 11) is 1.93. The number of nitrogens with one attached hydrogen (secondary N) is 3. The van der Waals surface area contributed by atoms with E-state index in [1.54, 1.807) is 37.3 Å². The number of fused-ring (bicyclic) bond motifs is 1. The number of likely N-dealkylation sites (tertiary alicyclic amines) is 1. The van der Waals surface area contributed by atoms with Crippen LogP contribution in [0.2, 0.25) is 5.02 Å². The molecular formula is C36H37ClF3N7O2. The lowest BCUT2D eigenvalue weighted by atomic mass is 9.92. The Morgan fingerprint density at radius 3 is 2.65 bits per heavy atom. The van der Waals surface area contributed by atoms with Gasteiger partial charge in [0.25, 0.3) is 6.43 Å². The maximum Gasteiger partial charge on any atom is 0.280 e. The van der Waals surface area contributed by atoms with Gasteiger partial charge in [0.2, 0.25) is 0 Å². The van der Waals surface area contributed by atoms with Gasteiger partial charge in [-0.3, -0.25) is 14.8 Å². The average molecular weight is 692 g/mol. The van der Waals surface area contributed by atoms with Gasteiger partial charge in [-0.15, -0.1) is 0 Å². The van der Waals surface area contributed by atoms with E-state index < -0.39 is 12.1 Å². The number of imidazole rings is 1. The number of piperidine rings is 1. The van der Waals surface area contributed by atoms with Crippen molar-refractivity contribution in [1.29, 1.82) is 5.41 Å². The molecule has 2 aromatic carbocycles. The molecule has 2 aromatic heterocycles. The Morgan fingerprint density at radius 2 is 1.96 bits per heavy atom. The summed E-state index contributed by atoms with van der Waals surface area (Å²) in [6.07, 6.45) is 8.27. The average Bonchev–Trinajstić information content (AvgIpc) is 3.64. The van der Waals surface area contributed by atoms with E-state index in [1.165, 1.54) is 24.3 Å². The lowest BCUT2D eigenvalue weighted by Crippen LogP contribution is -2.36. The molecule has 1 fully saturated rings. The molecule has 1 saturated heterocycles. The van der Waals surface area contributed by atoms with Crippen molar-refractivity contribution in [3.05, 3.63) is 111 Å². The number of allylic oxidation sites excluding steroid dienone is 6. The third-order valence-corrected chi connectivity index (χ3v) is 8.90. The first-order chi connectivity index (χ1) is 23.6. The summed E-state index contributed by atoms with van der Waals surface area (Å²) in [5, 5.41) is 28.4. The number of aliphatic hydroxyl groups is 1. The van der Waals surface area contributed by atoms with Gasteiger partial charge >= 0.3 is 0 Å². The second-order valence-electron chi connectivity index (χ2n) is 11.8. The van der Waals surface area contributed by atoms with Gasteiger partial charge in [0, 0.05) is 53.1 Å². The summed E-state index contributed by atoms with van der Waals surface area (Å²) in [4.78, 5) is 18.0. The molecule has 0 bridgehead atoms. The van der Waals surface area contributed by atoms with Crippen LogP contribution in [0.25, 0.3) is 28.4 Å². The minimum absolute atomic E-state index is 0.0541. The monoisotopic (exact) mass is 691 g/mol. The van der Waals surface area contributed by atoms with Crippen molar-refractivity contribution in [1.82, 2.24) is 30.0 Å². The number of aromatic amines is 1. The number of aldehydes is 1. The highest BCUT2D eigenvalue weighted by Crippen LogP contribution is 2.31. The number of hydrogen-bond acceptors (Lipinski definition) is 7. The van der Waals surface area contributed by atoms with Crippen molar-refractivity contribution < 1.29 is 23.1 Å². The fraction of sp³-hybridized carbons (Fsp3) is 0.278. The van der Waals surface area contributed by atoms with Crippen LogP contribution in [-0.2, 0) is 24.9 Å². The van der Waals surface area contributed by atoms with Gasteiger partial charge in [0.15, 0.2) is 0 Å². The normalized spacial score (nSPS) is 15.5. The third-order valence-electron chi connectivity index (χ3n) is 8.66. The van der Waals surface area contributed by atoms with Gasteiger partial charge in [0.1, 0.15) is 29.4 Å². The van der Waals surface area contributed by atoms with Crippen molar-refractivity contribution in [2.45, 2.75) is 39.3 Å². The largest absolute Gasteiger partial charge is 0.507 e. The molecule has 0 aliphatic carbocycles. The zero-order valence-corrected chi connectivity index (χ0v) is 27.8. The molecule has 13 heteroatoms. The van der Waals surface area contributed by atoms with Crippen LogP contribution in [0.4, 0.5) is 13.2 Å². The van der Waals surface area contributed by atoms with Crippen LogP contribution >= 0.6 is 11.6 Å². The Kier molecular flexibility index (Phi) is 11.5. The van der Waals surface area contributed by atoms with Gasteiger partial charge in [0.05, 0.1) is 23.3 Å². The smallest absolute Gasteiger partial charge is 0.280 e. The van der Waals surface area contributed by atoms with E-state index in [1.807, 2.05) is 23.8 Å². The Labute approximate surface area is 287 Å². The summed E-state index contributed by atoms with van der Waals surface area (Å²) in [6, 6.07) is 9.86. The van der Waals surface area contributed by atoms with E-state index in [0.29, 0.717) is 40.1 Å². The van der Waals surface area contributed by atoms with E-state index in [4.69, 9.17) is 22.0 Å². The molecule has 1 aliphatic heterocycles. The van der Waals surface area contributed by atoms with Gasteiger partial charge in [-0.25, -0.2) is 18.2 Å². The lowest BCUT2D eigenvalue weighted by Gasteiger charge is -2.33. The van der Waals surface area contributed by atoms with Crippen LogP contribution < -0.4 is 5.32 Å². The SMILES string of the molecule is C/C(=C/C=N)c1n[nH]c(C(F)F)c1/C=C(/O)c1ccc2c(c1)nc(CN1CCC(/C(=C/C=C\C=O)NCc3ccc(Cl)cc3F)CC1)n2C. The molecule has 0 atom stereocenters. The van der Waals surface area contributed by atoms with Crippen LogP contribution in [-0.4, -0.2) is 55.3 Å². The number of carbonyl (C=O) groups is 1. The number of aliphatic hydroxyl groups excluding tert-OH is 1. The molecule has 9 nitrogen and oxygen atoms in total. The van der Waals surface area contributed by atoms with Crippen LogP contribution in [0.3, 0.4) is 0 Å². The summed E-state index contributed by atoms with van der Waals surface area (Å²) in [6.45, 7) is 4.12. The second-order valence-corrected chi connectivity index (χ2v) is 12.3. The number of nitrogens with zero attached hydrogens (tertiary/aromatic N) is 4. The van der Waals surface area contributed by atoms with Gasteiger partial charge in [-0.2, -0.15) is 5.10 Å². The highest BCUT2D eigenvalue weighted by Gasteiger charge is 2.24. The molecule has 0 amide bonds. The first-order valence-corrected chi connectivity index (χ1v) is 16.1. The Balaban J connectivity index is 1.29. The molecule has 4 N–H and O–H groups in total. The summed E-state index contributed by atoms with van der Waals surface area (Å²) in [5.41, 5.74) is 3.70. The maximum atomic E-state index is 14.4. The van der Waals surface area contributed by atoms with Crippen molar-refractivity contribution in [3.8, 4) is 0 Å². The summed E-state index contributed by atoms with van der Waals surface area (Å²) < 4.78 is 43.9. The summed E-state index contributed by atoms with van der Waals surface area (Å²) in [5.74, 6) is 0.419. The maximum absolute atomic E-state index is 14.4. The van der Waals surface area contributed by atoms with E-state index in [2.05, 4.69) is 20.4 Å². The van der Waals surface area contributed by atoms with Crippen molar-refractivity contribution in [3.63, 3.8) is 0 Å². The highest BCUT2D eigenvalue weighted by molar-refractivity contribution is 6.30. The number of hydrogen-bond donors (Lipinski definition) is 4. The first-order valence-electron chi connectivity index (χ1n) is 15.7. The Morgan fingerprint density at radius 1 is 1.18 bits per heavy atom. The second kappa shape index (κ2) is 16.0. The van der Waals surface area contributed by atoms with Crippen LogP contribution in [0.1, 0.15) is 60.1 Å². The highest BCUT2D eigenvalue weighted by atomic mass is 35.5. The molecule has 1 aliphatic rings. The van der Waals surface area contributed by atoms with E-state index in [0.717, 1.165) is 49.2 Å². The number of aromatic nitrogens is 4. The third kappa shape index (κ3) is 8.38. The molecule has 0 saturated carbocycles. The number of H-pyrrole nitrogens is 1.